The normalized spacial score (nSPS) is 16.0. The molecular formula is C51H48N4O. The summed E-state index contributed by atoms with van der Waals surface area (Å²) in [5.41, 5.74) is 13.0. The first-order valence-corrected chi connectivity index (χ1v) is 19.8. The summed E-state index contributed by atoms with van der Waals surface area (Å²) in [6, 6.07) is 47.7. The number of fused-ring (bicyclic) bond motifs is 3. The van der Waals surface area contributed by atoms with E-state index in [1.165, 1.54) is 38.8 Å². The van der Waals surface area contributed by atoms with E-state index >= 15 is 0 Å². The van der Waals surface area contributed by atoms with Gasteiger partial charge in [-0.1, -0.05) is 106 Å². The van der Waals surface area contributed by atoms with Crippen LogP contribution < -0.4 is 4.74 Å². The van der Waals surface area contributed by atoms with Crippen molar-refractivity contribution in [3.05, 3.63) is 185 Å². The Morgan fingerprint density at radius 3 is 2.20 bits per heavy atom. The molecule has 0 bridgehead atoms. The molecule has 1 aliphatic rings. The molecule has 0 aliphatic heterocycles. The highest BCUT2D eigenvalue weighted by Crippen LogP contribution is 2.50. The van der Waals surface area contributed by atoms with Crippen LogP contribution in [0.25, 0.3) is 38.9 Å². The van der Waals surface area contributed by atoms with Crippen LogP contribution in [0.4, 0.5) is 0 Å². The van der Waals surface area contributed by atoms with Crippen LogP contribution >= 0.6 is 0 Å². The number of aromatic nitrogens is 4. The summed E-state index contributed by atoms with van der Waals surface area (Å²) in [7, 11) is 0. The molecule has 0 fully saturated rings. The van der Waals surface area contributed by atoms with E-state index in [9.17, 15) is 0 Å². The molecule has 0 radical (unpaired) electrons. The van der Waals surface area contributed by atoms with Gasteiger partial charge in [0.15, 0.2) is 0 Å². The zero-order chi connectivity index (χ0) is 38.6. The molecule has 0 N–H and O–H groups in total. The van der Waals surface area contributed by atoms with Crippen LogP contribution in [-0.2, 0) is 5.41 Å². The average Bonchev–Trinajstić information content (AvgIpc) is 3.70. The summed E-state index contributed by atoms with van der Waals surface area (Å²) in [5.74, 6) is 2.95. The second kappa shape index (κ2) is 14.1. The number of hydrogen-bond donors (Lipinski definition) is 0. The van der Waals surface area contributed by atoms with Crippen LogP contribution in [0.5, 0.6) is 11.5 Å². The Balaban J connectivity index is 1.16. The number of pyridine rings is 1. The number of hydrogen-bond acceptors (Lipinski definition) is 3. The Kier molecular flexibility index (Phi) is 8.96. The van der Waals surface area contributed by atoms with Crippen molar-refractivity contribution in [2.45, 2.75) is 71.6 Å². The SMILES string of the molecule is Cc1ccnc(-n2c3ccccc3c3ccc(Oc4cc(-n5nc(C)c([C@@H]6C(c7ccccc7)=CCC[C@@H]6c6ccccc6)c5C)cc(C(C)(C)C)c4)cc32)c1. The molecule has 278 valence electrons. The molecule has 5 aromatic carbocycles. The van der Waals surface area contributed by atoms with Gasteiger partial charge in [-0.3, -0.25) is 4.57 Å². The Morgan fingerprint density at radius 2 is 1.43 bits per heavy atom. The van der Waals surface area contributed by atoms with E-state index in [0.717, 1.165) is 63.7 Å². The van der Waals surface area contributed by atoms with Gasteiger partial charge in [-0.2, -0.15) is 5.10 Å². The first-order chi connectivity index (χ1) is 27.1. The number of para-hydroxylation sites is 1. The number of nitrogens with zero attached hydrogens (tertiary/aromatic N) is 4. The molecule has 9 rings (SSSR count). The Morgan fingerprint density at radius 1 is 0.696 bits per heavy atom. The van der Waals surface area contributed by atoms with Gasteiger partial charge in [-0.05, 0) is 115 Å². The maximum atomic E-state index is 6.85. The third-order valence-electron chi connectivity index (χ3n) is 11.6. The maximum absolute atomic E-state index is 6.85. The maximum Gasteiger partial charge on any atom is 0.137 e. The zero-order valence-corrected chi connectivity index (χ0v) is 33.1. The fourth-order valence-electron chi connectivity index (χ4n) is 8.87. The molecule has 0 saturated carbocycles. The third kappa shape index (κ3) is 6.41. The minimum absolute atomic E-state index is 0.120. The number of ether oxygens (including phenoxy) is 1. The van der Waals surface area contributed by atoms with E-state index in [2.05, 4.69) is 184 Å². The number of aryl methyl sites for hydroxylation is 2. The van der Waals surface area contributed by atoms with Gasteiger partial charge in [0, 0.05) is 46.3 Å². The van der Waals surface area contributed by atoms with Crippen molar-refractivity contribution < 1.29 is 4.74 Å². The molecule has 2 atom stereocenters. The zero-order valence-electron chi connectivity index (χ0n) is 33.1. The fraction of sp³-hybridized carbons (Fsp3) is 0.216. The van der Waals surface area contributed by atoms with Gasteiger partial charge >= 0.3 is 0 Å². The smallest absolute Gasteiger partial charge is 0.137 e. The standard InChI is InChI=1S/C51H48N4O/c1-33-26-27-52-48(28-33)54-46-23-14-13-20-44(46)45-25-24-40(32-47(45)54)56-41-30-38(51(4,5)6)29-39(31-41)55-35(3)49(34(2)53-55)50-42(36-16-9-7-10-17-36)21-15-22-43(50)37-18-11-8-12-19-37/h7-14,16-21,23-32,43,50H,15,22H2,1-6H3/t43-,50-/m1/s1. The van der Waals surface area contributed by atoms with Crippen molar-refractivity contribution in [2.75, 3.05) is 0 Å². The molecule has 0 spiro atoms. The first kappa shape index (κ1) is 35.5. The predicted octanol–water partition coefficient (Wildman–Crippen LogP) is 13.1. The predicted molar refractivity (Wildman–Crippen MR) is 231 cm³/mol. The van der Waals surface area contributed by atoms with Gasteiger partial charge in [0.25, 0.3) is 0 Å². The largest absolute Gasteiger partial charge is 0.457 e. The second-order valence-electron chi connectivity index (χ2n) is 16.4. The lowest BCUT2D eigenvalue weighted by Crippen LogP contribution is -2.18. The van der Waals surface area contributed by atoms with Crippen LogP contribution in [-0.4, -0.2) is 19.3 Å². The molecule has 5 heteroatoms. The molecule has 0 saturated heterocycles. The summed E-state index contributed by atoms with van der Waals surface area (Å²) in [6.45, 7) is 13.3. The Labute approximate surface area is 329 Å². The number of allylic oxidation sites excluding steroid dienone is 2. The molecule has 5 nitrogen and oxygen atoms in total. The van der Waals surface area contributed by atoms with Gasteiger partial charge in [-0.15, -0.1) is 0 Å². The molecule has 3 heterocycles. The first-order valence-electron chi connectivity index (χ1n) is 19.8. The second-order valence-corrected chi connectivity index (χ2v) is 16.4. The minimum Gasteiger partial charge on any atom is -0.457 e. The van der Waals surface area contributed by atoms with Gasteiger partial charge in [0.05, 0.1) is 22.4 Å². The van der Waals surface area contributed by atoms with E-state index < -0.39 is 0 Å². The van der Waals surface area contributed by atoms with Crippen molar-refractivity contribution in [3.8, 4) is 23.0 Å². The number of benzene rings is 5. The highest BCUT2D eigenvalue weighted by molar-refractivity contribution is 6.09. The van der Waals surface area contributed by atoms with Crippen LogP contribution in [0.1, 0.15) is 84.7 Å². The topological polar surface area (TPSA) is 44.9 Å². The molecule has 0 unspecified atom stereocenters. The Bertz CT molecular complexity index is 2750. The van der Waals surface area contributed by atoms with Crippen molar-refractivity contribution in [3.63, 3.8) is 0 Å². The summed E-state index contributed by atoms with van der Waals surface area (Å²) in [5, 5.41) is 7.67. The molecule has 0 amide bonds. The highest BCUT2D eigenvalue weighted by Gasteiger charge is 2.35. The lowest BCUT2D eigenvalue weighted by molar-refractivity contribution is 0.478. The summed E-state index contributed by atoms with van der Waals surface area (Å²) in [6.07, 6.45) is 6.49. The average molecular weight is 733 g/mol. The molecule has 56 heavy (non-hydrogen) atoms. The third-order valence-corrected chi connectivity index (χ3v) is 11.6. The van der Waals surface area contributed by atoms with Crippen LogP contribution in [0.2, 0.25) is 0 Å². The lowest BCUT2D eigenvalue weighted by Gasteiger charge is -2.34. The van der Waals surface area contributed by atoms with Gasteiger partial charge in [-0.25, -0.2) is 9.67 Å². The molecule has 8 aromatic rings. The summed E-state index contributed by atoms with van der Waals surface area (Å²) < 4.78 is 11.2. The van der Waals surface area contributed by atoms with E-state index in [1.807, 2.05) is 12.3 Å². The van der Waals surface area contributed by atoms with Crippen molar-refractivity contribution in [2.24, 2.45) is 0 Å². The molecule has 1 aliphatic carbocycles. The van der Waals surface area contributed by atoms with Gasteiger partial charge in [0.1, 0.15) is 17.3 Å². The van der Waals surface area contributed by atoms with E-state index in [0.29, 0.717) is 5.92 Å². The van der Waals surface area contributed by atoms with Crippen molar-refractivity contribution in [1.29, 1.82) is 0 Å². The van der Waals surface area contributed by atoms with Crippen molar-refractivity contribution >= 4 is 27.4 Å². The monoisotopic (exact) mass is 732 g/mol. The summed E-state index contributed by atoms with van der Waals surface area (Å²) in [4.78, 5) is 4.78. The van der Waals surface area contributed by atoms with Crippen LogP contribution in [0, 0.1) is 20.8 Å². The minimum atomic E-state index is -0.120. The lowest BCUT2D eigenvalue weighted by atomic mass is 9.69. The van der Waals surface area contributed by atoms with E-state index in [-0.39, 0.29) is 11.3 Å². The van der Waals surface area contributed by atoms with Crippen molar-refractivity contribution in [1.82, 2.24) is 19.3 Å². The van der Waals surface area contributed by atoms with Crippen LogP contribution in [0.3, 0.4) is 0 Å². The van der Waals surface area contributed by atoms with E-state index in [1.54, 1.807) is 0 Å². The summed E-state index contributed by atoms with van der Waals surface area (Å²) >= 11 is 0. The molecule has 3 aromatic heterocycles. The Hall–Kier alpha value is -6.20. The van der Waals surface area contributed by atoms with E-state index in [4.69, 9.17) is 14.8 Å². The quantitative estimate of drug-likeness (QED) is 0.164. The van der Waals surface area contributed by atoms with Gasteiger partial charge in [0.2, 0.25) is 0 Å². The molecular weight excluding hydrogens is 685 g/mol. The highest BCUT2D eigenvalue weighted by atomic mass is 16.5. The number of rotatable bonds is 7. The fourth-order valence-corrected chi connectivity index (χ4v) is 8.87. The van der Waals surface area contributed by atoms with Gasteiger partial charge < -0.3 is 4.74 Å². The van der Waals surface area contributed by atoms with Crippen LogP contribution in [0.15, 0.2) is 146 Å².